The highest BCUT2D eigenvalue weighted by molar-refractivity contribution is 7.80. The van der Waals surface area contributed by atoms with Crippen LogP contribution in [0.5, 0.6) is 0 Å². The highest BCUT2D eigenvalue weighted by Crippen LogP contribution is 2.14. The summed E-state index contributed by atoms with van der Waals surface area (Å²) in [5.74, 6) is 0.870. The number of benzene rings is 1. The molecule has 0 saturated carbocycles. The van der Waals surface area contributed by atoms with Crippen molar-refractivity contribution < 1.29 is 4.42 Å². The van der Waals surface area contributed by atoms with E-state index in [1.807, 2.05) is 19.1 Å². The van der Waals surface area contributed by atoms with Crippen LogP contribution in [-0.2, 0) is 6.42 Å². The van der Waals surface area contributed by atoms with Crippen LogP contribution in [0.1, 0.15) is 44.1 Å². The molecule has 0 bridgehead atoms. The van der Waals surface area contributed by atoms with Gasteiger partial charge in [0.25, 0.3) is 0 Å². The van der Waals surface area contributed by atoms with Crippen molar-refractivity contribution in [2.45, 2.75) is 39.2 Å². The van der Waals surface area contributed by atoms with Gasteiger partial charge in [-0.25, -0.2) is 0 Å². The predicted molar refractivity (Wildman–Crippen MR) is 91.5 cm³/mol. The number of hydrogen-bond donors (Lipinski definition) is 2. The normalized spacial score (nSPS) is 11.9. The quantitative estimate of drug-likeness (QED) is 0.760. The van der Waals surface area contributed by atoms with E-state index in [4.69, 9.17) is 16.6 Å². The number of furan rings is 1. The molecule has 0 amide bonds. The summed E-state index contributed by atoms with van der Waals surface area (Å²) in [5, 5.41) is 7.00. The lowest BCUT2D eigenvalue weighted by molar-refractivity contribution is 0.464. The average Bonchev–Trinajstić information content (AvgIpc) is 3.01. The Kier molecular flexibility index (Phi) is 5.81. The number of unbranched alkanes of at least 4 members (excludes halogenated alkanes) is 1. The van der Waals surface area contributed by atoms with Crippen LogP contribution < -0.4 is 10.6 Å². The second-order valence-electron chi connectivity index (χ2n) is 5.14. The van der Waals surface area contributed by atoms with Crippen LogP contribution in [0.15, 0.2) is 47.1 Å². The first-order valence-corrected chi connectivity index (χ1v) is 7.79. The molecular weight excluding hydrogens is 280 g/mol. The fraction of sp³-hybridized carbons (Fsp3) is 0.353. The van der Waals surface area contributed by atoms with Gasteiger partial charge in [-0.3, -0.25) is 0 Å². The van der Waals surface area contributed by atoms with Gasteiger partial charge in [-0.1, -0.05) is 25.5 Å². The second-order valence-corrected chi connectivity index (χ2v) is 5.54. The van der Waals surface area contributed by atoms with Crippen LogP contribution in [0.3, 0.4) is 0 Å². The summed E-state index contributed by atoms with van der Waals surface area (Å²) in [7, 11) is 0. The minimum absolute atomic E-state index is 0.0452. The van der Waals surface area contributed by atoms with Gasteiger partial charge in [0.1, 0.15) is 5.76 Å². The number of aryl methyl sites for hydroxylation is 1. The Balaban J connectivity index is 1.84. The van der Waals surface area contributed by atoms with Gasteiger partial charge in [0, 0.05) is 5.69 Å². The molecule has 0 aliphatic carbocycles. The molecule has 0 unspecified atom stereocenters. The molecule has 1 atom stereocenters. The van der Waals surface area contributed by atoms with E-state index in [0.29, 0.717) is 5.11 Å². The van der Waals surface area contributed by atoms with Gasteiger partial charge in [-0.15, -0.1) is 0 Å². The predicted octanol–water partition coefficient (Wildman–Crippen LogP) is 4.67. The Bertz CT molecular complexity index is 549. The van der Waals surface area contributed by atoms with E-state index in [1.54, 1.807) is 6.26 Å². The average molecular weight is 302 g/mol. The highest BCUT2D eigenvalue weighted by Gasteiger charge is 2.09. The van der Waals surface area contributed by atoms with Gasteiger partial charge in [0.15, 0.2) is 5.11 Å². The topological polar surface area (TPSA) is 37.2 Å². The van der Waals surface area contributed by atoms with Crippen LogP contribution in [0.4, 0.5) is 5.69 Å². The lowest BCUT2D eigenvalue weighted by Gasteiger charge is -2.15. The molecule has 21 heavy (non-hydrogen) atoms. The largest absolute Gasteiger partial charge is 0.467 e. The molecule has 0 spiro atoms. The van der Waals surface area contributed by atoms with E-state index in [2.05, 4.69) is 41.8 Å². The summed E-state index contributed by atoms with van der Waals surface area (Å²) in [4.78, 5) is 0. The van der Waals surface area contributed by atoms with Crippen LogP contribution in [-0.4, -0.2) is 5.11 Å². The van der Waals surface area contributed by atoms with E-state index < -0.39 is 0 Å². The van der Waals surface area contributed by atoms with Crippen LogP contribution in [0.2, 0.25) is 0 Å². The lowest BCUT2D eigenvalue weighted by atomic mass is 10.1. The lowest BCUT2D eigenvalue weighted by Crippen LogP contribution is -2.30. The van der Waals surface area contributed by atoms with Crippen molar-refractivity contribution in [1.82, 2.24) is 5.32 Å². The molecule has 0 aliphatic heterocycles. The van der Waals surface area contributed by atoms with Crippen LogP contribution in [0.25, 0.3) is 0 Å². The second kappa shape index (κ2) is 7.84. The minimum Gasteiger partial charge on any atom is -0.467 e. The first-order chi connectivity index (χ1) is 10.2. The maximum Gasteiger partial charge on any atom is 0.171 e. The van der Waals surface area contributed by atoms with Crippen molar-refractivity contribution in [3.63, 3.8) is 0 Å². The zero-order valence-corrected chi connectivity index (χ0v) is 13.4. The van der Waals surface area contributed by atoms with Crippen molar-refractivity contribution in [2.24, 2.45) is 0 Å². The van der Waals surface area contributed by atoms with Crippen molar-refractivity contribution in [2.75, 3.05) is 5.32 Å². The molecule has 3 nitrogen and oxygen atoms in total. The van der Waals surface area contributed by atoms with Gasteiger partial charge in [0.05, 0.1) is 12.3 Å². The molecule has 1 aromatic heterocycles. The van der Waals surface area contributed by atoms with Gasteiger partial charge >= 0.3 is 0 Å². The van der Waals surface area contributed by atoms with E-state index in [9.17, 15) is 0 Å². The maximum atomic E-state index is 5.35. The number of rotatable bonds is 6. The van der Waals surface area contributed by atoms with E-state index in [1.165, 1.54) is 18.4 Å². The van der Waals surface area contributed by atoms with Crippen LogP contribution >= 0.6 is 12.2 Å². The third kappa shape index (κ3) is 4.90. The van der Waals surface area contributed by atoms with Gasteiger partial charge in [-0.05, 0) is 61.8 Å². The number of thiocarbonyl (C=S) groups is 1. The van der Waals surface area contributed by atoms with Crippen molar-refractivity contribution in [1.29, 1.82) is 0 Å². The number of hydrogen-bond acceptors (Lipinski definition) is 2. The Labute approximate surface area is 131 Å². The first-order valence-electron chi connectivity index (χ1n) is 7.39. The van der Waals surface area contributed by atoms with Gasteiger partial charge < -0.3 is 15.1 Å². The minimum atomic E-state index is 0.0452. The Morgan fingerprint density at radius 2 is 2.00 bits per heavy atom. The maximum absolute atomic E-state index is 5.35. The molecular formula is C17H22N2OS. The van der Waals surface area contributed by atoms with Crippen molar-refractivity contribution in [3.8, 4) is 0 Å². The zero-order valence-electron chi connectivity index (χ0n) is 12.6. The zero-order chi connectivity index (χ0) is 15.1. The van der Waals surface area contributed by atoms with Gasteiger partial charge in [0.2, 0.25) is 0 Å². The molecule has 112 valence electrons. The molecule has 2 N–H and O–H groups in total. The third-order valence-electron chi connectivity index (χ3n) is 3.35. The molecule has 0 saturated heterocycles. The van der Waals surface area contributed by atoms with E-state index in [0.717, 1.165) is 17.9 Å². The fourth-order valence-electron chi connectivity index (χ4n) is 2.11. The highest BCUT2D eigenvalue weighted by atomic mass is 32.1. The number of anilines is 1. The molecule has 1 heterocycles. The summed E-state index contributed by atoms with van der Waals surface area (Å²) in [5.41, 5.74) is 2.37. The molecule has 0 radical (unpaired) electrons. The van der Waals surface area contributed by atoms with E-state index in [-0.39, 0.29) is 6.04 Å². The molecule has 4 heteroatoms. The standard InChI is InChI=1S/C17H22N2OS/c1-3-4-6-14-8-10-15(11-9-14)19-17(21)18-13(2)16-7-5-12-20-16/h5,7-13H,3-4,6H2,1-2H3,(H2,18,19,21)/t13-/m0/s1. The summed E-state index contributed by atoms with van der Waals surface area (Å²) in [6, 6.07) is 12.3. The smallest absolute Gasteiger partial charge is 0.171 e. The Hall–Kier alpha value is -1.81. The Morgan fingerprint density at radius 1 is 1.24 bits per heavy atom. The number of nitrogens with one attached hydrogen (secondary N) is 2. The summed E-state index contributed by atoms with van der Waals surface area (Å²) in [6.07, 6.45) is 5.25. The molecule has 2 aromatic rings. The van der Waals surface area contributed by atoms with Crippen LogP contribution in [0, 0.1) is 0 Å². The molecule has 0 fully saturated rings. The van der Waals surface area contributed by atoms with Gasteiger partial charge in [-0.2, -0.15) is 0 Å². The molecule has 1 aromatic carbocycles. The van der Waals surface area contributed by atoms with Crippen molar-refractivity contribution in [3.05, 3.63) is 54.0 Å². The summed E-state index contributed by atoms with van der Waals surface area (Å²) in [6.45, 7) is 4.22. The summed E-state index contributed by atoms with van der Waals surface area (Å²) >= 11 is 5.33. The Morgan fingerprint density at radius 3 is 2.62 bits per heavy atom. The SMILES string of the molecule is CCCCc1ccc(NC(=S)N[C@@H](C)c2ccco2)cc1. The third-order valence-corrected chi connectivity index (χ3v) is 3.57. The first kappa shape index (κ1) is 15.6. The fourth-order valence-corrected chi connectivity index (χ4v) is 2.40. The molecule has 2 rings (SSSR count). The van der Waals surface area contributed by atoms with Crippen molar-refractivity contribution >= 4 is 23.0 Å². The molecule has 0 aliphatic rings. The monoisotopic (exact) mass is 302 g/mol. The summed E-state index contributed by atoms with van der Waals surface area (Å²) < 4.78 is 5.35. The van der Waals surface area contributed by atoms with E-state index >= 15 is 0 Å².